The molecular formula is C16H23N3O4S2. The zero-order valence-corrected chi connectivity index (χ0v) is 15.8. The van der Waals surface area contributed by atoms with Crippen LogP contribution in [0.4, 0.5) is 0 Å². The number of morpholine rings is 1. The molecule has 1 aliphatic rings. The summed E-state index contributed by atoms with van der Waals surface area (Å²) < 4.78 is 33.0. The van der Waals surface area contributed by atoms with Crippen LogP contribution in [-0.2, 0) is 21.2 Å². The van der Waals surface area contributed by atoms with Gasteiger partial charge in [-0.2, -0.15) is 4.31 Å². The summed E-state index contributed by atoms with van der Waals surface area (Å²) in [7, 11) is -3.51. The molecule has 0 amide bonds. The van der Waals surface area contributed by atoms with E-state index in [-0.39, 0.29) is 11.4 Å². The highest BCUT2D eigenvalue weighted by Crippen LogP contribution is 2.28. The third-order valence-corrected chi connectivity index (χ3v) is 7.30. The minimum Gasteiger partial charge on any atom is -0.389 e. The van der Waals surface area contributed by atoms with Crippen molar-refractivity contribution in [1.82, 2.24) is 9.29 Å². The highest BCUT2D eigenvalue weighted by atomic mass is 32.2. The lowest BCUT2D eigenvalue weighted by Gasteiger charge is -2.25. The van der Waals surface area contributed by atoms with Crippen molar-refractivity contribution >= 4 is 31.6 Å². The average Bonchev–Trinajstić information content (AvgIpc) is 3.03. The van der Waals surface area contributed by atoms with Gasteiger partial charge in [0.2, 0.25) is 10.0 Å². The fourth-order valence-corrected chi connectivity index (χ4v) is 5.15. The molecule has 3 N–H and O–H groups in total. The molecule has 2 heterocycles. The number of thiazole rings is 1. The van der Waals surface area contributed by atoms with Gasteiger partial charge in [-0.25, -0.2) is 13.4 Å². The molecule has 3 rings (SSSR count). The fourth-order valence-electron chi connectivity index (χ4n) is 2.63. The lowest BCUT2D eigenvalue weighted by molar-refractivity contribution is 0.0603. The molecule has 25 heavy (non-hydrogen) atoms. The van der Waals surface area contributed by atoms with Crippen LogP contribution < -0.4 is 5.73 Å². The molecule has 2 aromatic rings. The van der Waals surface area contributed by atoms with Gasteiger partial charge in [0.05, 0.1) is 38.9 Å². The number of benzene rings is 1. The maximum absolute atomic E-state index is 12.7. The molecule has 0 saturated carbocycles. The molecule has 1 fully saturated rings. The molecule has 1 aromatic carbocycles. The van der Waals surface area contributed by atoms with Gasteiger partial charge in [0.15, 0.2) is 0 Å². The summed E-state index contributed by atoms with van der Waals surface area (Å²) in [6.07, 6.45) is 1.12. The number of fused-ring (bicyclic) bond motifs is 1. The maximum Gasteiger partial charge on any atom is 0.243 e. The van der Waals surface area contributed by atoms with Gasteiger partial charge in [0.25, 0.3) is 0 Å². The SMILES string of the molecule is CC(O)(CN)CCc1nc2ccc(S(=O)(=O)N3CCOCC3)cc2s1. The summed E-state index contributed by atoms with van der Waals surface area (Å²) in [5, 5.41) is 10.9. The van der Waals surface area contributed by atoms with Crippen LogP contribution in [0.15, 0.2) is 23.1 Å². The Bertz CT molecular complexity index is 842. The van der Waals surface area contributed by atoms with E-state index in [9.17, 15) is 13.5 Å². The topological polar surface area (TPSA) is 106 Å². The Balaban J connectivity index is 1.82. The first-order chi connectivity index (χ1) is 11.8. The average molecular weight is 386 g/mol. The van der Waals surface area contributed by atoms with Gasteiger partial charge in [-0.1, -0.05) is 0 Å². The van der Waals surface area contributed by atoms with Crippen LogP contribution in [0.2, 0.25) is 0 Å². The van der Waals surface area contributed by atoms with Crippen molar-refractivity contribution in [3.8, 4) is 0 Å². The van der Waals surface area contributed by atoms with Crippen molar-refractivity contribution in [2.24, 2.45) is 5.73 Å². The van der Waals surface area contributed by atoms with Gasteiger partial charge in [-0.05, 0) is 31.5 Å². The first-order valence-corrected chi connectivity index (χ1v) is 10.5. The summed E-state index contributed by atoms with van der Waals surface area (Å²) >= 11 is 1.45. The van der Waals surface area contributed by atoms with E-state index >= 15 is 0 Å². The highest BCUT2D eigenvalue weighted by molar-refractivity contribution is 7.89. The first kappa shape index (κ1) is 18.7. The smallest absolute Gasteiger partial charge is 0.243 e. The van der Waals surface area contributed by atoms with Gasteiger partial charge in [-0.3, -0.25) is 0 Å². The summed E-state index contributed by atoms with van der Waals surface area (Å²) in [6, 6.07) is 5.03. The van der Waals surface area contributed by atoms with Crippen molar-refractivity contribution in [1.29, 1.82) is 0 Å². The summed E-state index contributed by atoms with van der Waals surface area (Å²) in [4.78, 5) is 4.81. The molecule has 9 heteroatoms. The largest absolute Gasteiger partial charge is 0.389 e. The summed E-state index contributed by atoms with van der Waals surface area (Å²) in [6.45, 7) is 3.50. The number of aliphatic hydroxyl groups is 1. The normalized spacial score (nSPS) is 19.2. The quantitative estimate of drug-likeness (QED) is 0.767. The Labute approximate surface area is 151 Å². The Morgan fingerprint density at radius 1 is 1.40 bits per heavy atom. The standard InChI is InChI=1S/C16H23N3O4S2/c1-16(20,11-17)5-4-15-18-13-3-2-12(10-14(13)24-15)25(21,22)19-6-8-23-9-7-19/h2-3,10,20H,4-9,11,17H2,1H3. The number of hydrogen-bond acceptors (Lipinski definition) is 7. The number of hydrogen-bond donors (Lipinski definition) is 2. The van der Waals surface area contributed by atoms with Crippen LogP contribution in [0.1, 0.15) is 18.4 Å². The maximum atomic E-state index is 12.7. The number of nitrogens with zero attached hydrogens (tertiary/aromatic N) is 2. The molecule has 1 aromatic heterocycles. The zero-order chi connectivity index (χ0) is 18.1. The van der Waals surface area contributed by atoms with E-state index in [1.165, 1.54) is 15.6 Å². The molecule has 7 nitrogen and oxygen atoms in total. The molecule has 1 saturated heterocycles. The molecule has 1 atom stereocenters. The third-order valence-electron chi connectivity index (χ3n) is 4.33. The molecular weight excluding hydrogens is 362 g/mol. The predicted molar refractivity (Wildman–Crippen MR) is 97.2 cm³/mol. The van der Waals surface area contributed by atoms with Crippen LogP contribution in [0.25, 0.3) is 10.2 Å². The third kappa shape index (κ3) is 4.18. The van der Waals surface area contributed by atoms with E-state index in [0.717, 1.165) is 15.2 Å². The van der Waals surface area contributed by atoms with Gasteiger partial charge >= 0.3 is 0 Å². The fraction of sp³-hybridized carbons (Fsp3) is 0.562. The number of sulfonamides is 1. The van der Waals surface area contributed by atoms with Gasteiger partial charge in [-0.15, -0.1) is 11.3 Å². The lowest BCUT2D eigenvalue weighted by atomic mass is 10.0. The van der Waals surface area contributed by atoms with E-state index < -0.39 is 15.6 Å². The van der Waals surface area contributed by atoms with Crippen LogP contribution in [-0.4, -0.2) is 61.3 Å². The molecule has 0 spiro atoms. The van der Waals surface area contributed by atoms with E-state index in [2.05, 4.69) is 4.98 Å². The zero-order valence-electron chi connectivity index (χ0n) is 14.1. The van der Waals surface area contributed by atoms with E-state index in [1.807, 2.05) is 0 Å². The molecule has 1 unspecified atom stereocenters. The van der Waals surface area contributed by atoms with Crippen molar-refractivity contribution < 1.29 is 18.3 Å². The second-order valence-corrected chi connectivity index (χ2v) is 9.51. The second kappa shape index (κ2) is 7.26. The summed E-state index contributed by atoms with van der Waals surface area (Å²) in [5.74, 6) is 0. The van der Waals surface area contributed by atoms with E-state index in [0.29, 0.717) is 39.1 Å². The second-order valence-electron chi connectivity index (χ2n) is 6.45. The van der Waals surface area contributed by atoms with Crippen molar-refractivity contribution in [3.05, 3.63) is 23.2 Å². The van der Waals surface area contributed by atoms with Gasteiger partial charge < -0.3 is 15.6 Å². The Morgan fingerprint density at radius 2 is 2.12 bits per heavy atom. The molecule has 0 radical (unpaired) electrons. The summed E-state index contributed by atoms with van der Waals surface area (Å²) in [5.41, 5.74) is 5.39. The van der Waals surface area contributed by atoms with Gasteiger partial charge in [0.1, 0.15) is 0 Å². The van der Waals surface area contributed by atoms with E-state index in [1.54, 1.807) is 25.1 Å². The molecule has 1 aliphatic heterocycles. The number of aromatic nitrogens is 1. The van der Waals surface area contributed by atoms with Crippen LogP contribution in [0.5, 0.6) is 0 Å². The van der Waals surface area contributed by atoms with Crippen LogP contribution in [0, 0.1) is 0 Å². The van der Waals surface area contributed by atoms with Crippen molar-refractivity contribution in [2.75, 3.05) is 32.8 Å². The number of aryl methyl sites for hydroxylation is 1. The molecule has 0 aliphatic carbocycles. The molecule has 138 valence electrons. The number of rotatable bonds is 6. The predicted octanol–water partition coefficient (Wildman–Crippen LogP) is 0.960. The van der Waals surface area contributed by atoms with Gasteiger partial charge in [0, 0.05) is 26.1 Å². The van der Waals surface area contributed by atoms with Crippen molar-refractivity contribution in [3.63, 3.8) is 0 Å². The first-order valence-electron chi connectivity index (χ1n) is 8.22. The van der Waals surface area contributed by atoms with Crippen LogP contribution in [0.3, 0.4) is 0 Å². The number of nitrogens with two attached hydrogens (primary N) is 1. The minimum atomic E-state index is -3.51. The monoisotopic (exact) mass is 385 g/mol. The van der Waals surface area contributed by atoms with Crippen LogP contribution >= 0.6 is 11.3 Å². The lowest BCUT2D eigenvalue weighted by Crippen LogP contribution is -2.40. The Hall–Kier alpha value is -1.10. The van der Waals surface area contributed by atoms with Crippen molar-refractivity contribution in [2.45, 2.75) is 30.3 Å². The molecule has 0 bridgehead atoms. The minimum absolute atomic E-state index is 0.194. The van der Waals surface area contributed by atoms with E-state index in [4.69, 9.17) is 10.5 Å². The number of ether oxygens (including phenoxy) is 1. The highest BCUT2D eigenvalue weighted by Gasteiger charge is 2.27. The Morgan fingerprint density at radius 3 is 2.80 bits per heavy atom. The Kier molecular flexibility index (Phi) is 5.42.